The lowest BCUT2D eigenvalue weighted by Crippen LogP contribution is -2.40. The van der Waals surface area contributed by atoms with Crippen LogP contribution >= 0.6 is 23.2 Å². The minimum atomic E-state index is -0.315. The van der Waals surface area contributed by atoms with Crippen molar-refractivity contribution in [2.45, 2.75) is 13.3 Å². The molecule has 0 saturated carbocycles. The lowest BCUT2D eigenvalue weighted by molar-refractivity contribution is -0.123. The molecule has 1 N–H and O–H groups in total. The number of rotatable bonds is 7. The third kappa shape index (κ3) is 5.38. The number of nitrogens with one attached hydrogen (secondary N) is 1. The van der Waals surface area contributed by atoms with Crippen LogP contribution in [0, 0.1) is 0 Å². The van der Waals surface area contributed by atoms with E-state index in [-0.39, 0.29) is 18.4 Å². The monoisotopic (exact) mass is 394 g/mol. The van der Waals surface area contributed by atoms with Crippen LogP contribution in [0.4, 0.5) is 5.69 Å². The molecule has 0 heterocycles. The molecule has 0 aliphatic heterocycles. The summed E-state index contributed by atoms with van der Waals surface area (Å²) in [5.74, 6) is 0.182. The Bertz CT molecular complexity index is 759. The van der Waals surface area contributed by atoms with E-state index in [1.165, 1.54) is 11.8 Å². The van der Waals surface area contributed by atoms with Crippen LogP contribution in [0.15, 0.2) is 42.5 Å². The van der Waals surface area contributed by atoms with Crippen molar-refractivity contribution in [2.75, 3.05) is 25.1 Å². The number of methoxy groups -OCH3 is 1. The molecule has 2 amide bonds. The second-order valence-electron chi connectivity index (χ2n) is 5.62. The maximum atomic E-state index is 12.2. The Balaban J connectivity index is 1.94. The molecule has 0 aliphatic carbocycles. The first-order valence-electron chi connectivity index (χ1n) is 8.04. The van der Waals surface area contributed by atoms with E-state index in [2.05, 4.69) is 5.32 Å². The zero-order chi connectivity index (χ0) is 19.1. The summed E-state index contributed by atoms with van der Waals surface area (Å²) in [5.41, 5.74) is 1.41. The van der Waals surface area contributed by atoms with Crippen LogP contribution in [-0.4, -0.2) is 32.0 Å². The number of carbonyl (C=O) groups is 2. The molecule has 2 aromatic carbocycles. The molecule has 2 rings (SSSR count). The first-order valence-corrected chi connectivity index (χ1v) is 8.79. The number of para-hydroxylation sites is 1. The van der Waals surface area contributed by atoms with Crippen molar-refractivity contribution < 1.29 is 14.3 Å². The average Bonchev–Trinajstić information content (AvgIpc) is 2.61. The number of hydrogen-bond donors (Lipinski definition) is 1. The molecule has 0 radical (unpaired) electrons. The van der Waals surface area contributed by atoms with E-state index >= 15 is 0 Å². The first kappa shape index (κ1) is 20.1. The number of carbonyl (C=O) groups excluding carboxylic acids is 2. The van der Waals surface area contributed by atoms with Gasteiger partial charge in [-0.25, -0.2) is 0 Å². The highest BCUT2D eigenvalue weighted by Crippen LogP contribution is 2.33. The molecule has 0 aromatic heterocycles. The Morgan fingerprint density at radius 3 is 2.23 bits per heavy atom. The molecule has 138 valence electrons. The van der Waals surface area contributed by atoms with E-state index in [0.717, 1.165) is 11.3 Å². The minimum Gasteiger partial charge on any atom is -0.497 e. The van der Waals surface area contributed by atoms with Crippen molar-refractivity contribution in [3.8, 4) is 5.75 Å². The average molecular weight is 395 g/mol. The van der Waals surface area contributed by atoms with E-state index < -0.39 is 0 Å². The van der Waals surface area contributed by atoms with Crippen LogP contribution in [0.3, 0.4) is 0 Å². The summed E-state index contributed by atoms with van der Waals surface area (Å²) in [7, 11) is 1.61. The largest absolute Gasteiger partial charge is 0.497 e. The molecule has 0 aliphatic rings. The highest BCUT2D eigenvalue weighted by molar-refractivity contribution is 6.40. The Morgan fingerprint density at radius 2 is 1.69 bits per heavy atom. The van der Waals surface area contributed by atoms with Gasteiger partial charge in [-0.05, 0) is 36.2 Å². The molecule has 0 spiro atoms. The van der Waals surface area contributed by atoms with Crippen LogP contribution in [-0.2, 0) is 16.0 Å². The molecule has 26 heavy (non-hydrogen) atoms. The van der Waals surface area contributed by atoms with Gasteiger partial charge in [-0.2, -0.15) is 0 Å². The van der Waals surface area contributed by atoms with Crippen LogP contribution in [0.5, 0.6) is 5.75 Å². The fraction of sp³-hybridized carbons (Fsp3) is 0.263. The second-order valence-corrected chi connectivity index (χ2v) is 6.44. The Morgan fingerprint density at radius 1 is 1.08 bits per heavy atom. The molecule has 0 fully saturated rings. The third-order valence-electron chi connectivity index (χ3n) is 3.78. The summed E-state index contributed by atoms with van der Waals surface area (Å²) in [6.07, 6.45) is 0.669. The zero-order valence-electron chi connectivity index (χ0n) is 14.6. The van der Waals surface area contributed by atoms with Crippen molar-refractivity contribution in [1.29, 1.82) is 0 Å². The number of ether oxygens (including phenoxy) is 1. The summed E-state index contributed by atoms with van der Waals surface area (Å²) in [4.78, 5) is 25.5. The number of hydrogen-bond acceptors (Lipinski definition) is 3. The van der Waals surface area contributed by atoms with E-state index in [0.29, 0.717) is 28.7 Å². The van der Waals surface area contributed by atoms with Gasteiger partial charge in [-0.15, -0.1) is 0 Å². The number of halogens is 2. The van der Waals surface area contributed by atoms with Gasteiger partial charge in [-0.3, -0.25) is 9.59 Å². The lowest BCUT2D eigenvalue weighted by atomic mass is 10.1. The molecular formula is C19H20Cl2N2O3. The summed E-state index contributed by atoms with van der Waals surface area (Å²) in [6, 6.07) is 12.6. The maximum Gasteiger partial charge on any atom is 0.240 e. The maximum absolute atomic E-state index is 12.2. The van der Waals surface area contributed by atoms with Gasteiger partial charge in [0.15, 0.2) is 0 Å². The SMILES string of the molecule is COc1ccc(CCNC(=O)CN(C(C)=O)c2c(Cl)cccc2Cl)cc1. The van der Waals surface area contributed by atoms with E-state index in [1.807, 2.05) is 24.3 Å². The predicted octanol–water partition coefficient (Wildman–Crippen LogP) is 3.71. The fourth-order valence-electron chi connectivity index (χ4n) is 2.43. The third-order valence-corrected chi connectivity index (χ3v) is 4.39. The molecule has 2 aromatic rings. The van der Waals surface area contributed by atoms with Crippen LogP contribution in [0.2, 0.25) is 10.0 Å². The number of benzene rings is 2. The smallest absolute Gasteiger partial charge is 0.240 e. The fourth-order valence-corrected chi connectivity index (χ4v) is 3.03. The Hall–Kier alpha value is -2.24. The van der Waals surface area contributed by atoms with E-state index in [1.54, 1.807) is 25.3 Å². The standard InChI is InChI=1S/C19H20Cl2N2O3/c1-13(24)23(19-16(20)4-3-5-17(19)21)12-18(25)22-11-10-14-6-8-15(26-2)9-7-14/h3-9H,10-12H2,1-2H3,(H,22,25). The second kappa shape index (κ2) is 9.46. The summed E-state index contributed by atoms with van der Waals surface area (Å²) < 4.78 is 5.11. The quantitative estimate of drug-likeness (QED) is 0.778. The highest BCUT2D eigenvalue weighted by atomic mass is 35.5. The van der Waals surface area contributed by atoms with E-state index in [4.69, 9.17) is 27.9 Å². The molecule has 5 nitrogen and oxygen atoms in total. The lowest BCUT2D eigenvalue weighted by Gasteiger charge is -2.23. The van der Waals surface area contributed by atoms with E-state index in [9.17, 15) is 9.59 Å². The summed E-state index contributed by atoms with van der Waals surface area (Å²) in [6.45, 7) is 1.67. The Labute approximate surface area is 162 Å². The predicted molar refractivity (Wildman–Crippen MR) is 104 cm³/mol. The van der Waals surface area contributed by atoms with Gasteiger partial charge in [0, 0.05) is 13.5 Å². The van der Waals surface area contributed by atoms with Gasteiger partial charge in [0.2, 0.25) is 11.8 Å². The number of anilines is 1. The molecule has 0 saturated heterocycles. The molecule has 0 bridgehead atoms. The Kier molecular flexibility index (Phi) is 7.30. The van der Waals surface area contributed by atoms with Crippen molar-refractivity contribution in [3.05, 3.63) is 58.1 Å². The van der Waals surface area contributed by atoms with Crippen molar-refractivity contribution in [1.82, 2.24) is 5.32 Å². The van der Waals surface area contributed by atoms with Crippen LogP contribution < -0.4 is 15.0 Å². The summed E-state index contributed by atoms with van der Waals surface area (Å²) in [5, 5.41) is 3.44. The highest BCUT2D eigenvalue weighted by Gasteiger charge is 2.20. The van der Waals surface area contributed by atoms with Crippen molar-refractivity contribution in [3.63, 3.8) is 0 Å². The summed E-state index contributed by atoms with van der Waals surface area (Å²) >= 11 is 12.3. The van der Waals surface area contributed by atoms with Crippen molar-refractivity contribution in [2.24, 2.45) is 0 Å². The number of nitrogens with zero attached hydrogens (tertiary/aromatic N) is 1. The van der Waals surface area contributed by atoms with Gasteiger partial charge >= 0.3 is 0 Å². The molecule has 7 heteroatoms. The van der Waals surface area contributed by atoms with Gasteiger partial charge in [0.25, 0.3) is 0 Å². The van der Waals surface area contributed by atoms with Gasteiger partial charge in [-0.1, -0.05) is 41.4 Å². The zero-order valence-corrected chi connectivity index (χ0v) is 16.1. The number of amides is 2. The van der Waals surface area contributed by atoms with Gasteiger partial charge < -0.3 is 15.0 Å². The first-order chi connectivity index (χ1) is 12.4. The normalized spacial score (nSPS) is 10.3. The van der Waals surface area contributed by atoms with Crippen LogP contribution in [0.25, 0.3) is 0 Å². The topological polar surface area (TPSA) is 58.6 Å². The van der Waals surface area contributed by atoms with Gasteiger partial charge in [0.1, 0.15) is 12.3 Å². The molecule has 0 unspecified atom stereocenters. The molecular weight excluding hydrogens is 375 g/mol. The van der Waals surface area contributed by atoms with Crippen LogP contribution in [0.1, 0.15) is 12.5 Å². The minimum absolute atomic E-state index is 0.151. The van der Waals surface area contributed by atoms with Gasteiger partial charge in [0.05, 0.1) is 22.8 Å². The van der Waals surface area contributed by atoms with Crippen molar-refractivity contribution >= 4 is 40.7 Å². The molecule has 0 atom stereocenters.